The lowest BCUT2D eigenvalue weighted by Gasteiger charge is -2.06. The molecule has 0 spiro atoms. The molecule has 0 nitrogen and oxygen atoms in total. The topological polar surface area (TPSA) is 0 Å². The van der Waals surface area contributed by atoms with E-state index in [2.05, 4.69) is 29.8 Å². The van der Waals surface area contributed by atoms with E-state index in [1.165, 1.54) is 31.0 Å². The van der Waals surface area contributed by atoms with Crippen molar-refractivity contribution in [3.05, 3.63) is 0 Å². The molecule has 0 aromatic heterocycles. The van der Waals surface area contributed by atoms with Crippen molar-refractivity contribution in [3.63, 3.8) is 0 Å². The molecular weight excluding hydrogens is 176 g/mol. The normalized spacial score (nSPS) is 13.7. The van der Waals surface area contributed by atoms with Crippen LogP contribution in [0.2, 0.25) is 0 Å². The Bertz CT molecular complexity index is 52.5. The summed E-state index contributed by atoms with van der Waals surface area (Å²) >= 11 is 3.43. The maximum atomic E-state index is 3.43. The van der Waals surface area contributed by atoms with Gasteiger partial charge in [-0.25, -0.2) is 0 Å². The van der Waals surface area contributed by atoms with Crippen molar-refractivity contribution in [1.29, 1.82) is 0 Å². The fourth-order valence-corrected chi connectivity index (χ4v) is 1.39. The second-order valence-corrected chi connectivity index (χ2v) is 3.52. The molecule has 0 radical (unpaired) electrons. The van der Waals surface area contributed by atoms with Crippen LogP contribution in [0.1, 0.15) is 39.5 Å². The van der Waals surface area contributed by atoms with E-state index in [4.69, 9.17) is 0 Å². The van der Waals surface area contributed by atoms with Gasteiger partial charge in [-0.05, 0) is 18.8 Å². The van der Waals surface area contributed by atoms with Gasteiger partial charge in [-0.2, -0.15) is 0 Å². The van der Waals surface area contributed by atoms with Gasteiger partial charge in [0.15, 0.2) is 0 Å². The van der Waals surface area contributed by atoms with Crippen LogP contribution in [0.15, 0.2) is 0 Å². The van der Waals surface area contributed by atoms with Crippen LogP contribution in [0.5, 0.6) is 0 Å². The Kier molecular flexibility index (Phi) is 6.95. The minimum Gasteiger partial charge on any atom is -0.0928 e. The van der Waals surface area contributed by atoms with Crippen LogP contribution in [-0.2, 0) is 0 Å². The Labute approximate surface area is 67.2 Å². The van der Waals surface area contributed by atoms with Crippen LogP contribution in [0, 0.1) is 5.92 Å². The molecule has 0 heterocycles. The molecule has 0 saturated carbocycles. The first kappa shape index (κ1) is 9.48. The van der Waals surface area contributed by atoms with Crippen LogP contribution in [0.25, 0.3) is 0 Å². The second-order valence-electron chi connectivity index (χ2n) is 2.73. The SMILES string of the molecule is CCC[C@@H](C)CCCBr. The molecule has 0 aliphatic rings. The molecule has 0 rings (SSSR count). The Morgan fingerprint density at radius 2 is 2.00 bits per heavy atom. The van der Waals surface area contributed by atoms with Gasteiger partial charge in [0.1, 0.15) is 0 Å². The molecular formula is C8H17Br. The molecule has 0 amide bonds. The first-order chi connectivity index (χ1) is 4.31. The van der Waals surface area contributed by atoms with Gasteiger partial charge in [-0.3, -0.25) is 0 Å². The molecule has 0 fully saturated rings. The number of hydrogen-bond acceptors (Lipinski definition) is 0. The van der Waals surface area contributed by atoms with Crippen molar-refractivity contribution < 1.29 is 0 Å². The van der Waals surface area contributed by atoms with Gasteiger partial charge in [0.25, 0.3) is 0 Å². The van der Waals surface area contributed by atoms with Crippen LogP contribution in [0.4, 0.5) is 0 Å². The quantitative estimate of drug-likeness (QED) is 0.585. The standard InChI is InChI=1S/C8H17Br/c1-3-5-8(2)6-4-7-9/h8H,3-7H2,1-2H3/t8-/m1/s1. The van der Waals surface area contributed by atoms with Gasteiger partial charge in [0.05, 0.1) is 0 Å². The number of alkyl halides is 1. The summed E-state index contributed by atoms with van der Waals surface area (Å²) in [5.41, 5.74) is 0. The highest BCUT2D eigenvalue weighted by molar-refractivity contribution is 9.09. The van der Waals surface area contributed by atoms with E-state index in [1.807, 2.05) is 0 Å². The van der Waals surface area contributed by atoms with E-state index in [0.717, 1.165) is 5.92 Å². The summed E-state index contributed by atoms with van der Waals surface area (Å²) in [7, 11) is 0. The van der Waals surface area contributed by atoms with Crippen LogP contribution in [0.3, 0.4) is 0 Å². The third-order valence-electron chi connectivity index (χ3n) is 1.61. The van der Waals surface area contributed by atoms with E-state index in [-0.39, 0.29) is 0 Å². The first-order valence-corrected chi connectivity index (χ1v) is 4.99. The molecule has 0 aromatic rings. The van der Waals surface area contributed by atoms with E-state index in [1.54, 1.807) is 0 Å². The molecule has 0 saturated heterocycles. The highest BCUT2D eigenvalue weighted by Crippen LogP contribution is 2.12. The fourth-order valence-electron chi connectivity index (χ4n) is 1.06. The molecule has 0 aromatic carbocycles. The Hall–Kier alpha value is 0.480. The number of rotatable bonds is 5. The highest BCUT2D eigenvalue weighted by Gasteiger charge is 1.97. The van der Waals surface area contributed by atoms with Crippen LogP contribution < -0.4 is 0 Å². The van der Waals surface area contributed by atoms with Crippen molar-refractivity contribution in [1.82, 2.24) is 0 Å². The average molecular weight is 193 g/mol. The zero-order chi connectivity index (χ0) is 7.11. The van der Waals surface area contributed by atoms with Crippen molar-refractivity contribution in [2.24, 2.45) is 5.92 Å². The summed E-state index contributed by atoms with van der Waals surface area (Å²) in [6.45, 7) is 4.59. The van der Waals surface area contributed by atoms with Gasteiger partial charge in [-0.1, -0.05) is 42.6 Å². The third kappa shape index (κ3) is 6.36. The fraction of sp³-hybridized carbons (Fsp3) is 1.00. The summed E-state index contributed by atoms with van der Waals surface area (Å²) in [4.78, 5) is 0. The zero-order valence-electron chi connectivity index (χ0n) is 6.49. The Morgan fingerprint density at radius 1 is 1.33 bits per heavy atom. The predicted octanol–water partition coefficient (Wildman–Crippen LogP) is 3.60. The van der Waals surface area contributed by atoms with E-state index in [9.17, 15) is 0 Å². The molecule has 1 heteroatoms. The smallest absolute Gasteiger partial charge is 0.00314 e. The van der Waals surface area contributed by atoms with Crippen LogP contribution in [-0.4, -0.2) is 5.33 Å². The minimum atomic E-state index is 0.938. The summed E-state index contributed by atoms with van der Waals surface area (Å²) in [6, 6.07) is 0. The van der Waals surface area contributed by atoms with Gasteiger partial charge < -0.3 is 0 Å². The maximum Gasteiger partial charge on any atom is 0.00314 e. The first-order valence-electron chi connectivity index (χ1n) is 3.87. The van der Waals surface area contributed by atoms with Gasteiger partial charge in [0, 0.05) is 5.33 Å². The minimum absolute atomic E-state index is 0.938. The van der Waals surface area contributed by atoms with Crippen LogP contribution >= 0.6 is 15.9 Å². The summed E-state index contributed by atoms with van der Waals surface area (Å²) in [5.74, 6) is 0.938. The third-order valence-corrected chi connectivity index (χ3v) is 2.17. The lowest BCUT2D eigenvalue weighted by atomic mass is 10.0. The number of hydrogen-bond donors (Lipinski definition) is 0. The molecule has 0 N–H and O–H groups in total. The van der Waals surface area contributed by atoms with E-state index < -0.39 is 0 Å². The zero-order valence-corrected chi connectivity index (χ0v) is 8.08. The van der Waals surface area contributed by atoms with Crippen molar-refractivity contribution in [2.45, 2.75) is 39.5 Å². The Balaban J connectivity index is 2.95. The summed E-state index contributed by atoms with van der Waals surface area (Å²) in [6.07, 6.45) is 5.46. The predicted molar refractivity (Wildman–Crippen MR) is 47.1 cm³/mol. The molecule has 0 aliphatic carbocycles. The van der Waals surface area contributed by atoms with E-state index in [0.29, 0.717) is 0 Å². The summed E-state index contributed by atoms with van der Waals surface area (Å²) < 4.78 is 0. The second kappa shape index (κ2) is 6.60. The van der Waals surface area contributed by atoms with Crippen molar-refractivity contribution in [3.8, 4) is 0 Å². The van der Waals surface area contributed by atoms with Gasteiger partial charge in [-0.15, -0.1) is 0 Å². The molecule has 1 atom stereocenters. The van der Waals surface area contributed by atoms with Crippen molar-refractivity contribution in [2.75, 3.05) is 5.33 Å². The number of halogens is 1. The monoisotopic (exact) mass is 192 g/mol. The molecule has 0 unspecified atom stereocenters. The average Bonchev–Trinajstić information content (AvgIpc) is 1.85. The molecule has 0 bridgehead atoms. The van der Waals surface area contributed by atoms with Crippen molar-refractivity contribution >= 4 is 15.9 Å². The summed E-state index contributed by atoms with van der Waals surface area (Å²) in [5, 5.41) is 1.17. The lowest BCUT2D eigenvalue weighted by Crippen LogP contribution is -1.93. The molecule has 56 valence electrons. The lowest BCUT2D eigenvalue weighted by molar-refractivity contribution is 0.483. The largest absolute Gasteiger partial charge is 0.0928 e. The van der Waals surface area contributed by atoms with E-state index >= 15 is 0 Å². The molecule has 0 aliphatic heterocycles. The maximum absolute atomic E-state index is 3.43. The highest BCUT2D eigenvalue weighted by atomic mass is 79.9. The molecule has 9 heavy (non-hydrogen) atoms. The van der Waals surface area contributed by atoms with Gasteiger partial charge in [0.2, 0.25) is 0 Å². The van der Waals surface area contributed by atoms with Gasteiger partial charge >= 0.3 is 0 Å². The Morgan fingerprint density at radius 3 is 2.44 bits per heavy atom.